The summed E-state index contributed by atoms with van der Waals surface area (Å²) in [5, 5.41) is 11.7. The Morgan fingerprint density at radius 1 is 1.13 bits per heavy atom. The highest BCUT2D eigenvalue weighted by Crippen LogP contribution is 2.32. The second kappa shape index (κ2) is 8.39. The van der Waals surface area contributed by atoms with Crippen molar-refractivity contribution in [2.45, 2.75) is 38.1 Å². The molecule has 0 atom stereocenters. The van der Waals surface area contributed by atoms with Crippen LogP contribution in [0.3, 0.4) is 0 Å². The van der Waals surface area contributed by atoms with E-state index in [9.17, 15) is 24.3 Å². The first-order chi connectivity index (χ1) is 14.8. The Morgan fingerprint density at radius 3 is 2.58 bits per heavy atom. The van der Waals surface area contributed by atoms with Crippen LogP contribution >= 0.6 is 11.6 Å². The minimum absolute atomic E-state index is 0.0409. The van der Waals surface area contributed by atoms with Crippen LogP contribution in [-0.4, -0.2) is 39.9 Å². The predicted molar refractivity (Wildman–Crippen MR) is 111 cm³/mol. The summed E-state index contributed by atoms with van der Waals surface area (Å²) in [6.07, 6.45) is 5.60. The number of carbonyl (C=O) groups excluding carboxylic acids is 3. The second-order valence-electron chi connectivity index (χ2n) is 7.49. The van der Waals surface area contributed by atoms with Gasteiger partial charge in [-0.15, -0.1) is 0 Å². The molecule has 4 rings (SSSR count). The van der Waals surface area contributed by atoms with E-state index in [1.807, 2.05) is 0 Å². The molecule has 2 N–H and O–H groups in total. The van der Waals surface area contributed by atoms with Crippen LogP contribution in [-0.2, 0) is 9.59 Å². The fourth-order valence-corrected chi connectivity index (χ4v) is 4.12. The van der Waals surface area contributed by atoms with Crippen LogP contribution in [0, 0.1) is 0 Å². The van der Waals surface area contributed by atoms with E-state index in [-0.39, 0.29) is 28.7 Å². The molecule has 0 spiro atoms. The number of imide groups is 2. The molecule has 1 saturated carbocycles. The van der Waals surface area contributed by atoms with Crippen molar-refractivity contribution in [3.63, 3.8) is 0 Å². The zero-order chi connectivity index (χ0) is 22.1. The lowest BCUT2D eigenvalue weighted by Gasteiger charge is -2.35. The Hall–Kier alpha value is -3.39. The number of hydrogen-bond donors (Lipinski definition) is 2. The molecular weight excluding hydrogens is 424 g/mol. The normalized spacial score (nSPS) is 19.1. The molecule has 4 amide bonds. The summed E-state index contributed by atoms with van der Waals surface area (Å²) in [6.45, 7) is 0. The summed E-state index contributed by atoms with van der Waals surface area (Å²) in [5.74, 6) is -2.06. The number of carboxylic acid groups (broad SMARTS) is 1. The summed E-state index contributed by atoms with van der Waals surface area (Å²) in [7, 11) is 0. The molecule has 0 radical (unpaired) electrons. The lowest BCUT2D eigenvalue weighted by atomic mass is 9.93. The number of urea groups is 1. The minimum Gasteiger partial charge on any atom is -0.478 e. The van der Waals surface area contributed by atoms with Crippen LogP contribution in [0.4, 0.5) is 4.79 Å². The van der Waals surface area contributed by atoms with Gasteiger partial charge in [-0.25, -0.2) is 9.59 Å². The molecule has 0 bridgehead atoms. The molecule has 2 heterocycles. The molecule has 1 aliphatic heterocycles. The van der Waals surface area contributed by atoms with Crippen molar-refractivity contribution < 1.29 is 28.7 Å². The SMILES string of the molecule is O=C1NC(=O)N(C2CCCCC2)C(=O)/C1=C/c1ccc(-c2cc(C(=O)O)ccc2Cl)o1. The van der Waals surface area contributed by atoms with E-state index in [1.165, 1.54) is 30.3 Å². The molecule has 2 aromatic rings. The molecule has 2 aliphatic rings. The average Bonchev–Trinajstić information content (AvgIpc) is 3.20. The van der Waals surface area contributed by atoms with Gasteiger partial charge in [-0.2, -0.15) is 0 Å². The van der Waals surface area contributed by atoms with Crippen molar-refractivity contribution in [3.05, 3.63) is 52.3 Å². The maximum atomic E-state index is 12.9. The fraction of sp³-hybridized carbons (Fsp3) is 0.273. The van der Waals surface area contributed by atoms with Crippen LogP contribution in [0.2, 0.25) is 5.02 Å². The fourth-order valence-electron chi connectivity index (χ4n) is 3.91. The Morgan fingerprint density at radius 2 is 1.87 bits per heavy atom. The summed E-state index contributed by atoms with van der Waals surface area (Å²) in [6, 6.07) is 6.37. The summed E-state index contributed by atoms with van der Waals surface area (Å²) in [5.41, 5.74) is 0.209. The number of halogens is 1. The number of nitrogens with one attached hydrogen (secondary N) is 1. The highest BCUT2D eigenvalue weighted by atomic mass is 35.5. The summed E-state index contributed by atoms with van der Waals surface area (Å²) in [4.78, 5) is 49.9. The minimum atomic E-state index is -1.11. The van der Waals surface area contributed by atoms with Crippen molar-refractivity contribution in [2.75, 3.05) is 0 Å². The molecule has 31 heavy (non-hydrogen) atoms. The Balaban J connectivity index is 1.64. The highest BCUT2D eigenvalue weighted by molar-refractivity contribution is 6.33. The van der Waals surface area contributed by atoms with Crippen molar-refractivity contribution in [2.24, 2.45) is 0 Å². The number of furan rings is 1. The van der Waals surface area contributed by atoms with Gasteiger partial charge in [-0.3, -0.25) is 19.8 Å². The second-order valence-corrected chi connectivity index (χ2v) is 7.89. The third-order valence-electron chi connectivity index (χ3n) is 5.47. The summed E-state index contributed by atoms with van der Waals surface area (Å²) >= 11 is 6.17. The number of rotatable bonds is 4. The molecule has 1 aliphatic carbocycles. The van der Waals surface area contributed by atoms with Gasteiger partial charge >= 0.3 is 12.0 Å². The van der Waals surface area contributed by atoms with Gasteiger partial charge in [0.25, 0.3) is 11.8 Å². The molecule has 8 nitrogen and oxygen atoms in total. The van der Waals surface area contributed by atoms with E-state index in [0.29, 0.717) is 23.4 Å². The maximum Gasteiger partial charge on any atom is 0.335 e. The Kier molecular flexibility index (Phi) is 5.65. The van der Waals surface area contributed by atoms with Gasteiger partial charge in [-0.05, 0) is 49.2 Å². The number of carboxylic acids is 1. The molecule has 1 saturated heterocycles. The van der Waals surface area contributed by atoms with E-state index >= 15 is 0 Å². The third-order valence-corrected chi connectivity index (χ3v) is 5.79. The van der Waals surface area contributed by atoms with Crippen LogP contribution in [0.15, 0.2) is 40.3 Å². The van der Waals surface area contributed by atoms with Crippen LogP contribution in [0.1, 0.15) is 48.2 Å². The molecular formula is C22H19ClN2O6. The number of benzene rings is 1. The van der Waals surface area contributed by atoms with E-state index in [2.05, 4.69) is 5.32 Å². The lowest BCUT2D eigenvalue weighted by Crippen LogP contribution is -2.58. The lowest BCUT2D eigenvalue weighted by molar-refractivity contribution is -0.132. The van der Waals surface area contributed by atoms with Crippen molar-refractivity contribution >= 4 is 41.5 Å². The molecule has 1 aromatic heterocycles. The number of nitrogens with zero attached hydrogens (tertiary/aromatic N) is 1. The highest BCUT2D eigenvalue weighted by Gasteiger charge is 2.40. The number of hydrogen-bond acceptors (Lipinski definition) is 5. The molecule has 160 valence electrons. The average molecular weight is 443 g/mol. The largest absolute Gasteiger partial charge is 0.478 e. The van der Waals surface area contributed by atoms with E-state index in [0.717, 1.165) is 24.2 Å². The van der Waals surface area contributed by atoms with E-state index < -0.39 is 23.8 Å². The van der Waals surface area contributed by atoms with Crippen LogP contribution in [0.5, 0.6) is 0 Å². The van der Waals surface area contributed by atoms with E-state index in [1.54, 1.807) is 6.07 Å². The molecule has 1 aromatic carbocycles. The van der Waals surface area contributed by atoms with Gasteiger partial charge in [0.1, 0.15) is 17.1 Å². The zero-order valence-corrected chi connectivity index (χ0v) is 17.1. The number of aromatic carboxylic acids is 1. The predicted octanol–water partition coefficient (Wildman–Crippen LogP) is 4.09. The van der Waals surface area contributed by atoms with Crippen molar-refractivity contribution in [1.82, 2.24) is 10.2 Å². The monoisotopic (exact) mass is 442 g/mol. The number of carbonyl (C=O) groups is 4. The first-order valence-corrected chi connectivity index (χ1v) is 10.3. The first-order valence-electron chi connectivity index (χ1n) is 9.89. The summed E-state index contributed by atoms with van der Waals surface area (Å²) < 4.78 is 5.70. The van der Waals surface area contributed by atoms with Gasteiger partial charge in [0.2, 0.25) is 0 Å². The molecule has 9 heteroatoms. The van der Waals surface area contributed by atoms with Gasteiger partial charge in [0, 0.05) is 11.6 Å². The van der Waals surface area contributed by atoms with Gasteiger partial charge in [-0.1, -0.05) is 30.9 Å². The van der Waals surface area contributed by atoms with Crippen LogP contribution in [0.25, 0.3) is 17.4 Å². The van der Waals surface area contributed by atoms with Crippen molar-refractivity contribution in [3.8, 4) is 11.3 Å². The first kappa shape index (κ1) is 20.9. The quantitative estimate of drug-likeness (QED) is 0.544. The Bertz CT molecular complexity index is 1110. The molecule has 2 fully saturated rings. The topological polar surface area (TPSA) is 117 Å². The Labute approximate surface area is 182 Å². The standard InChI is InChI=1S/C22H19ClN2O6/c23-17-8-6-12(21(28)29)10-15(17)18-9-7-14(31-18)11-16-19(26)24-22(30)25(20(16)27)13-4-2-1-3-5-13/h6-11,13H,1-5H2,(H,28,29)(H,24,26,30)/b16-11+. The van der Waals surface area contributed by atoms with Crippen LogP contribution < -0.4 is 5.32 Å². The smallest absolute Gasteiger partial charge is 0.335 e. The number of amides is 4. The number of barbiturate groups is 1. The van der Waals surface area contributed by atoms with Gasteiger partial charge < -0.3 is 9.52 Å². The maximum absolute atomic E-state index is 12.9. The van der Waals surface area contributed by atoms with Gasteiger partial charge in [0.05, 0.1) is 10.6 Å². The van der Waals surface area contributed by atoms with Crippen molar-refractivity contribution in [1.29, 1.82) is 0 Å². The van der Waals surface area contributed by atoms with Gasteiger partial charge in [0.15, 0.2) is 0 Å². The zero-order valence-electron chi connectivity index (χ0n) is 16.4. The third kappa shape index (κ3) is 4.11. The molecule has 0 unspecified atom stereocenters. The van der Waals surface area contributed by atoms with E-state index in [4.69, 9.17) is 16.0 Å².